The summed E-state index contributed by atoms with van der Waals surface area (Å²) in [7, 11) is -3.80. The summed E-state index contributed by atoms with van der Waals surface area (Å²) >= 11 is 12.2. The van der Waals surface area contributed by atoms with Crippen molar-refractivity contribution in [1.82, 2.24) is 10.2 Å². The van der Waals surface area contributed by atoms with Crippen molar-refractivity contribution in [3.8, 4) is 0 Å². The molecule has 2 amide bonds. The predicted molar refractivity (Wildman–Crippen MR) is 152 cm³/mol. The van der Waals surface area contributed by atoms with Crippen molar-refractivity contribution in [2.24, 2.45) is 5.92 Å². The van der Waals surface area contributed by atoms with Crippen molar-refractivity contribution in [2.45, 2.75) is 59.5 Å². The molecule has 0 spiro atoms. The summed E-state index contributed by atoms with van der Waals surface area (Å²) in [6.45, 7) is 11.8. The maximum absolute atomic E-state index is 13.6. The van der Waals surface area contributed by atoms with Crippen LogP contribution >= 0.6 is 23.2 Å². The average Bonchev–Trinajstić information content (AvgIpc) is 2.79. The molecule has 0 unspecified atom stereocenters. The summed E-state index contributed by atoms with van der Waals surface area (Å²) < 4.78 is 26.5. The number of nitrogens with zero attached hydrogens (tertiary/aromatic N) is 2. The molecule has 37 heavy (non-hydrogen) atoms. The molecule has 1 atom stereocenters. The minimum Gasteiger partial charge on any atom is -0.354 e. The topological polar surface area (TPSA) is 86.8 Å². The minimum absolute atomic E-state index is 0.0482. The van der Waals surface area contributed by atoms with E-state index in [0.29, 0.717) is 27.8 Å². The van der Waals surface area contributed by atoms with Crippen LogP contribution in [0.3, 0.4) is 0 Å². The summed E-state index contributed by atoms with van der Waals surface area (Å²) in [5.74, 6) is -0.627. The summed E-state index contributed by atoms with van der Waals surface area (Å²) in [5.41, 5.74) is 1.95. The molecular weight excluding hydrogens is 533 g/mol. The third-order valence-corrected chi connectivity index (χ3v) is 7.77. The molecule has 0 radical (unpaired) electrons. The Morgan fingerprint density at radius 3 is 2.05 bits per heavy atom. The number of benzene rings is 2. The zero-order valence-electron chi connectivity index (χ0n) is 22.5. The first kappa shape index (κ1) is 30.9. The lowest BCUT2D eigenvalue weighted by Crippen LogP contribution is -2.51. The maximum Gasteiger partial charge on any atom is 0.244 e. The van der Waals surface area contributed by atoms with Crippen molar-refractivity contribution in [3.05, 3.63) is 63.6 Å². The molecule has 2 aromatic carbocycles. The molecule has 0 saturated heterocycles. The zero-order valence-corrected chi connectivity index (χ0v) is 24.8. The quantitative estimate of drug-likeness (QED) is 0.423. The van der Waals surface area contributed by atoms with Gasteiger partial charge in [0.05, 0.1) is 22.0 Å². The number of carbonyl (C=O) groups is 2. The average molecular weight is 571 g/mol. The number of halogens is 2. The van der Waals surface area contributed by atoms with Gasteiger partial charge in [0.25, 0.3) is 0 Å². The molecule has 0 aliphatic heterocycles. The van der Waals surface area contributed by atoms with E-state index in [1.54, 1.807) is 37.3 Å². The second-order valence-electron chi connectivity index (χ2n) is 10.7. The normalized spacial score (nSPS) is 12.8. The fraction of sp³-hybridized carbons (Fsp3) is 0.481. The number of carbonyl (C=O) groups excluding carboxylic acids is 2. The number of sulfonamides is 1. The van der Waals surface area contributed by atoms with E-state index in [2.05, 4.69) is 26.1 Å². The van der Waals surface area contributed by atoms with E-state index in [9.17, 15) is 18.0 Å². The first-order chi connectivity index (χ1) is 17.0. The monoisotopic (exact) mass is 569 g/mol. The van der Waals surface area contributed by atoms with E-state index in [1.165, 1.54) is 4.90 Å². The lowest BCUT2D eigenvalue weighted by Gasteiger charge is -2.32. The van der Waals surface area contributed by atoms with Crippen LogP contribution in [0.2, 0.25) is 10.0 Å². The molecule has 0 heterocycles. The van der Waals surface area contributed by atoms with Gasteiger partial charge in [0.15, 0.2) is 0 Å². The third kappa shape index (κ3) is 8.90. The third-order valence-electron chi connectivity index (χ3n) is 5.89. The number of rotatable bonds is 10. The van der Waals surface area contributed by atoms with Crippen molar-refractivity contribution in [3.63, 3.8) is 0 Å². The summed E-state index contributed by atoms with van der Waals surface area (Å²) in [4.78, 5) is 27.9. The van der Waals surface area contributed by atoms with Gasteiger partial charge in [0, 0.05) is 13.1 Å². The molecule has 0 fully saturated rings. The molecule has 7 nitrogen and oxygen atoms in total. The van der Waals surface area contributed by atoms with E-state index in [4.69, 9.17) is 23.2 Å². The number of hydrogen-bond acceptors (Lipinski definition) is 4. The van der Waals surface area contributed by atoms with Gasteiger partial charge >= 0.3 is 0 Å². The number of amides is 2. The Kier molecular flexibility index (Phi) is 10.5. The molecule has 204 valence electrons. The van der Waals surface area contributed by atoms with Gasteiger partial charge in [-0.1, -0.05) is 76.0 Å². The maximum atomic E-state index is 13.6. The smallest absolute Gasteiger partial charge is 0.244 e. The highest BCUT2D eigenvalue weighted by Gasteiger charge is 2.30. The molecule has 0 bridgehead atoms. The molecule has 0 aromatic heterocycles. The predicted octanol–water partition coefficient (Wildman–Crippen LogP) is 5.25. The Morgan fingerprint density at radius 2 is 1.57 bits per heavy atom. The Balaban J connectivity index is 2.40. The van der Waals surface area contributed by atoms with Gasteiger partial charge in [-0.15, -0.1) is 0 Å². The van der Waals surface area contributed by atoms with E-state index in [1.807, 2.05) is 26.0 Å². The van der Waals surface area contributed by atoms with Crippen LogP contribution in [0.5, 0.6) is 0 Å². The highest BCUT2D eigenvalue weighted by molar-refractivity contribution is 7.92. The van der Waals surface area contributed by atoms with Crippen LogP contribution in [0.1, 0.15) is 52.7 Å². The molecule has 2 rings (SSSR count). The molecule has 1 N–H and O–H groups in total. The highest BCUT2D eigenvalue weighted by Crippen LogP contribution is 2.27. The van der Waals surface area contributed by atoms with Gasteiger partial charge in [-0.3, -0.25) is 13.9 Å². The summed E-state index contributed by atoms with van der Waals surface area (Å²) in [5, 5.41) is 3.54. The van der Waals surface area contributed by atoms with Gasteiger partial charge < -0.3 is 10.2 Å². The summed E-state index contributed by atoms with van der Waals surface area (Å²) in [6, 6.07) is 11.2. The highest BCUT2D eigenvalue weighted by atomic mass is 35.5. The van der Waals surface area contributed by atoms with Crippen LogP contribution in [0, 0.1) is 5.92 Å². The van der Waals surface area contributed by atoms with Crippen LogP contribution in [0.15, 0.2) is 42.5 Å². The van der Waals surface area contributed by atoms with Gasteiger partial charge in [0.2, 0.25) is 21.8 Å². The van der Waals surface area contributed by atoms with Crippen LogP contribution in [-0.2, 0) is 31.6 Å². The van der Waals surface area contributed by atoms with Crippen molar-refractivity contribution < 1.29 is 18.0 Å². The molecule has 0 aliphatic carbocycles. The van der Waals surface area contributed by atoms with Crippen LogP contribution < -0.4 is 9.62 Å². The largest absolute Gasteiger partial charge is 0.354 e. The van der Waals surface area contributed by atoms with Crippen LogP contribution in [-0.4, -0.2) is 50.5 Å². The first-order valence-electron chi connectivity index (χ1n) is 12.1. The second-order valence-corrected chi connectivity index (χ2v) is 13.4. The van der Waals surface area contributed by atoms with Crippen LogP contribution in [0.25, 0.3) is 0 Å². The Morgan fingerprint density at radius 1 is 0.973 bits per heavy atom. The lowest BCUT2D eigenvalue weighted by atomic mass is 9.87. The van der Waals surface area contributed by atoms with Gasteiger partial charge in [-0.2, -0.15) is 0 Å². The van der Waals surface area contributed by atoms with E-state index >= 15 is 0 Å². The number of nitrogens with one attached hydrogen (secondary N) is 1. The molecule has 0 aliphatic rings. The van der Waals surface area contributed by atoms with E-state index in [0.717, 1.165) is 16.1 Å². The molecule has 0 saturated carbocycles. The van der Waals surface area contributed by atoms with Crippen LogP contribution in [0.4, 0.5) is 5.69 Å². The fourth-order valence-corrected chi connectivity index (χ4v) is 4.78. The minimum atomic E-state index is -3.80. The fourth-order valence-electron chi connectivity index (χ4n) is 3.61. The molecular formula is C27H37Cl2N3O4S. The van der Waals surface area contributed by atoms with Crippen molar-refractivity contribution >= 4 is 50.7 Å². The van der Waals surface area contributed by atoms with Gasteiger partial charge in [-0.05, 0) is 53.6 Å². The second kappa shape index (κ2) is 12.5. The van der Waals surface area contributed by atoms with Gasteiger partial charge in [-0.25, -0.2) is 8.42 Å². The zero-order chi connectivity index (χ0) is 28.1. The first-order valence-corrected chi connectivity index (χ1v) is 14.7. The van der Waals surface area contributed by atoms with E-state index in [-0.39, 0.29) is 23.8 Å². The lowest BCUT2D eigenvalue weighted by molar-refractivity contribution is -0.139. The van der Waals surface area contributed by atoms with Crippen molar-refractivity contribution in [2.75, 3.05) is 23.7 Å². The number of hydrogen-bond donors (Lipinski definition) is 1. The van der Waals surface area contributed by atoms with E-state index < -0.39 is 28.5 Å². The van der Waals surface area contributed by atoms with Crippen molar-refractivity contribution in [1.29, 1.82) is 0 Å². The SMILES string of the molecule is CC(C)CNC(=O)[C@@H](C)N(Cc1ccc(Cl)c(Cl)c1)C(=O)CN(c1ccc(C(C)(C)C)cc1)S(C)(=O)=O. The van der Waals surface area contributed by atoms with Gasteiger partial charge in [0.1, 0.15) is 12.6 Å². The Bertz CT molecular complexity index is 1210. The molecule has 2 aromatic rings. The Hall–Kier alpha value is -2.29. The Labute approximate surface area is 231 Å². The number of anilines is 1. The molecule has 10 heteroatoms. The summed E-state index contributed by atoms with van der Waals surface area (Å²) in [6.07, 6.45) is 1.06. The standard InChI is InChI=1S/C27H37Cl2N3O4S/c1-18(2)15-30-26(34)19(3)31(16-20-8-13-23(28)24(29)14-20)25(33)17-32(37(7,35)36)22-11-9-21(10-12-22)27(4,5)6/h8-14,18-19H,15-17H2,1-7H3,(H,30,34)/t19-/m1/s1.